The largest absolute Gasteiger partial charge is 0.480 e. The maximum atomic E-state index is 12.3. The van der Waals surface area contributed by atoms with Crippen LogP contribution in [-0.4, -0.2) is 47.7 Å². The first-order valence-electron chi connectivity index (χ1n) is 7.58. The Morgan fingerprint density at radius 3 is 2.12 bits per heavy atom. The summed E-state index contributed by atoms with van der Waals surface area (Å²) >= 11 is 0. The highest BCUT2D eigenvalue weighted by Crippen LogP contribution is 2.22. The van der Waals surface area contributed by atoms with Crippen molar-refractivity contribution in [3.63, 3.8) is 0 Å². The molecule has 7 heteroatoms. The normalized spacial score (nSPS) is 17.8. The fraction of sp³-hybridized carbons (Fsp3) is 0.235. The summed E-state index contributed by atoms with van der Waals surface area (Å²) < 4.78 is 26.9. The lowest BCUT2D eigenvalue weighted by molar-refractivity contribution is -0.137. The molecule has 0 spiro atoms. The van der Waals surface area contributed by atoms with E-state index in [1.807, 2.05) is 54.6 Å². The molecule has 2 aromatic rings. The van der Waals surface area contributed by atoms with E-state index in [0.29, 0.717) is 6.54 Å². The molecule has 0 aliphatic carbocycles. The Hall–Kier alpha value is -2.22. The average Bonchev–Trinajstić information content (AvgIpc) is 2.83. The molecule has 6 nitrogen and oxygen atoms in total. The number of carboxylic acid groups (broad SMARTS) is 1. The van der Waals surface area contributed by atoms with E-state index in [-0.39, 0.29) is 13.1 Å². The molecule has 1 aliphatic rings. The van der Waals surface area contributed by atoms with E-state index in [2.05, 4.69) is 0 Å². The monoisotopic (exact) mass is 346 g/mol. The van der Waals surface area contributed by atoms with Gasteiger partial charge in [0.2, 0.25) is 0 Å². The van der Waals surface area contributed by atoms with Gasteiger partial charge in [-0.15, -0.1) is 0 Å². The van der Waals surface area contributed by atoms with Crippen LogP contribution in [-0.2, 0) is 21.5 Å². The summed E-state index contributed by atoms with van der Waals surface area (Å²) in [5.74, 6) is -1.15. The van der Waals surface area contributed by atoms with Crippen LogP contribution >= 0.6 is 0 Å². The third kappa shape index (κ3) is 3.48. The molecule has 126 valence electrons. The number of nitrogens with zero attached hydrogens (tertiary/aromatic N) is 2. The fourth-order valence-corrected chi connectivity index (χ4v) is 4.26. The zero-order chi connectivity index (χ0) is 17.2. The second kappa shape index (κ2) is 6.72. The Morgan fingerprint density at radius 1 is 0.917 bits per heavy atom. The van der Waals surface area contributed by atoms with Crippen LogP contribution in [0.1, 0.15) is 5.56 Å². The summed E-state index contributed by atoms with van der Waals surface area (Å²) in [6.45, 7) is 0.256. The van der Waals surface area contributed by atoms with Crippen LogP contribution in [0.4, 0.5) is 0 Å². The van der Waals surface area contributed by atoms with E-state index in [1.54, 1.807) is 0 Å². The van der Waals surface area contributed by atoms with Gasteiger partial charge in [0.25, 0.3) is 10.2 Å². The molecular formula is C17H18N2O4S. The number of carbonyl (C=O) groups is 1. The van der Waals surface area contributed by atoms with Gasteiger partial charge in [-0.25, -0.2) is 0 Å². The maximum absolute atomic E-state index is 12.3. The molecule has 1 fully saturated rings. The Balaban J connectivity index is 1.72. The standard InChI is InChI=1S/C17H18N2O4S/c20-17(21)13-19-11-10-18(24(19,22)23)12-14-6-8-16(9-7-14)15-4-2-1-3-5-15/h1-9H,10-13H2,(H,20,21). The zero-order valence-electron chi connectivity index (χ0n) is 13.0. The second-order valence-electron chi connectivity index (χ2n) is 5.63. The summed E-state index contributed by atoms with van der Waals surface area (Å²) in [5, 5.41) is 8.80. The topological polar surface area (TPSA) is 77.9 Å². The predicted octanol–water partition coefficient (Wildman–Crippen LogP) is 1.80. The van der Waals surface area contributed by atoms with Crippen molar-refractivity contribution in [3.05, 3.63) is 60.2 Å². The molecule has 1 aliphatic heterocycles. The van der Waals surface area contributed by atoms with Crippen molar-refractivity contribution in [2.75, 3.05) is 19.6 Å². The Morgan fingerprint density at radius 2 is 1.50 bits per heavy atom. The third-order valence-corrected chi connectivity index (χ3v) is 5.91. The molecule has 0 radical (unpaired) electrons. The summed E-state index contributed by atoms with van der Waals surface area (Å²) in [4.78, 5) is 10.8. The van der Waals surface area contributed by atoms with Gasteiger partial charge in [-0.05, 0) is 16.7 Å². The molecule has 0 amide bonds. The van der Waals surface area contributed by atoms with Gasteiger partial charge in [0, 0.05) is 19.6 Å². The number of benzene rings is 2. The lowest BCUT2D eigenvalue weighted by Crippen LogP contribution is -2.35. The van der Waals surface area contributed by atoms with Crippen molar-refractivity contribution < 1.29 is 18.3 Å². The molecular weight excluding hydrogens is 328 g/mol. The van der Waals surface area contributed by atoms with Crippen molar-refractivity contribution >= 4 is 16.2 Å². The van der Waals surface area contributed by atoms with Gasteiger partial charge in [-0.1, -0.05) is 54.6 Å². The summed E-state index contributed by atoms with van der Waals surface area (Å²) in [6, 6.07) is 17.7. The molecule has 0 aromatic heterocycles. The van der Waals surface area contributed by atoms with Gasteiger partial charge in [0.15, 0.2) is 0 Å². The number of aliphatic carboxylic acids is 1. The SMILES string of the molecule is O=C(O)CN1CCN(Cc2ccc(-c3ccccc3)cc2)S1(=O)=O. The highest BCUT2D eigenvalue weighted by molar-refractivity contribution is 7.87. The first kappa shape index (κ1) is 16.6. The summed E-state index contributed by atoms with van der Waals surface area (Å²) in [6.07, 6.45) is 0. The number of hydrogen-bond acceptors (Lipinski definition) is 3. The van der Waals surface area contributed by atoms with Gasteiger partial charge in [-0.3, -0.25) is 4.79 Å². The number of rotatable bonds is 5. The number of carboxylic acids is 1. The number of hydrogen-bond donors (Lipinski definition) is 1. The zero-order valence-corrected chi connectivity index (χ0v) is 13.8. The third-order valence-electron chi connectivity index (χ3n) is 3.98. The summed E-state index contributed by atoms with van der Waals surface area (Å²) in [7, 11) is -3.70. The highest BCUT2D eigenvalue weighted by atomic mass is 32.2. The van der Waals surface area contributed by atoms with E-state index in [9.17, 15) is 13.2 Å². The van der Waals surface area contributed by atoms with Crippen LogP contribution in [0, 0.1) is 0 Å². The van der Waals surface area contributed by atoms with Gasteiger partial charge in [-0.2, -0.15) is 17.0 Å². The minimum Gasteiger partial charge on any atom is -0.480 e. The Labute approximate surface area is 141 Å². The molecule has 24 heavy (non-hydrogen) atoms. The van der Waals surface area contributed by atoms with Crippen molar-refractivity contribution in [2.24, 2.45) is 0 Å². The maximum Gasteiger partial charge on any atom is 0.318 e. The van der Waals surface area contributed by atoms with Crippen molar-refractivity contribution in [2.45, 2.75) is 6.54 Å². The molecule has 1 N–H and O–H groups in total. The van der Waals surface area contributed by atoms with E-state index in [1.165, 1.54) is 4.31 Å². The molecule has 1 heterocycles. The van der Waals surface area contributed by atoms with Gasteiger partial charge in [0.05, 0.1) is 0 Å². The van der Waals surface area contributed by atoms with Crippen LogP contribution in [0.5, 0.6) is 0 Å². The minimum atomic E-state index is -3.70. The molecule has 0 atom stereocenters. The van der Waals surface area contributed by atoms with Crippen LogP contribution < -0.4 is 0 Å². The molecule has 3 rings (SSSR count). The van der Waals surface area contributed by atoms with Crippen LogP contribution in [0.2, 0.25) is 0 Å². The summed E-state index contributed by atoms with van der Waals surface area (Å²) in [5.41, 5.74) is 3.04. The molecule has 0 unspecified atom stereocenters. The second-order valence-corrected chi connectivity index (χ2v) is 7.56. The van der Waals surface area contributed by atoms with Crippen molar-refractivity contribution in [1.82, 2.24) is 8.61 Å². The van der Waals surface area contributed by atoms with E-state index < -0.39 is 22.7 Å². The lowest BCUT2D eigenvalue weighted by atomic mass is 10.0. The van der Waals surface area contributed by atoms with Crippen LogP contribution in [0.3, 0.4) is 0 Å². The van der Waals surface area contributed by atoms with Gasteiger partial charge in [0.1, 0.15) is 6.54 Å². The van der Waals surface area contributed by atoms with Crippen LogP contribution in [0.25, 0.3) is 11.1 Å². The van der Waals surface area contributed by atoms with Crippen molar-refractivity contribution in [3.8, 4) is 11.1 Å². The van der Waals surface area contributed by atoms with Gasteiger partial charge >= 0.3 is 5.97 Å². The molecule has 0 bridgehead atoms. The van der Waals surface area contributed by atoms with Gasteiger partial charge < -0.3 is 5.11 Å². The first-order valence-corrected chi connectivity index (χ1v) is 8.98. The highest BCUT2D eigenvalue weighted by Gasteiger charge is 2.37. The minimum absolute atomic E-state index is 0.205. The Kier molecular flexibility index (Phi) is 4.66. The van der Waals surface area contributed by atoms with Crippen LogP contribution in [0.15, 0.2) is 54.6 Å². The van der Waals surface area contributed by atoms with E-state index >= 15 is 0 Å². The predicted molar refractivity (Wildman–Crippen MR) is 90.4 cm³/mol. The average molecular weight is 346 g/mol. The molecule has 2 aromatic carbocycles. The van der Waals surface area contributed by atoms with E-state index in [4.69, 9.17) is 5.11 Å². The van der Waals surface area contributed by atoms with E-state index in [0.717, 1.165) is 21.0 Å². The Bertz CT molecular complexity index is 819. The smallest absolute Gasteiger partial charge is 0.318 e. The van der Waals surface area contributed by atoms with Crippen molar-refractivity contribution in [1.29, 1.82) is 0 Å². The first-order chi connectivity index (χ1) is 11.5. The fourth-order valence-electron chi connectivity index (χ4n) is 2.73. The molecule has 1 saturated heterocycles. The quantitative estimate of drug-likeness (QED) is 0.895. The lowest BCUT2D eigenvalue weighted by Gasteiger charge is -2.17. The molecule has 0 saturated carbocycles.